The molecule has 2 aliphatic heterocycles. The van der Waals surface area contributed by atoms with Crippen molar-refractivity contribution in [2.75, 3.05) is 32.7 Å². The number of hydrogen-bond acceptors (Lipinski definition) is 3. The third-order valence-electron chi connectivity index (χ3n) is 2.97. The molecule has 2 N–H and O–H groups in total. The fourth-order valence-electron chi connectivity index (χ4n) is 1.93. The predicted octanol–water partition coefficient (Wildman–Crippen LogP) is -0.337. The summed E-state index contributed by atoms with van der Waals surface area (Å²) in [6, 6.07) is 0. The zero-order valence-electron chi connectivity index (χ0n) is 7.50. The summed E-state index contributed by atoms with van der Waals surface area (Å²) in [5.74, 6) is 0.905. The molecule has 0 spiro atoms. The summed E-state index contributed by atoms with van der Waals surface area (Å²) in [5, 5.41) is 12.6. The molecular formula is C9H18N2O. The van der Waals surface area contributed by atoms with Crippen molar-refractivity contribution in [2.24, 2.45) is 5.92 Å². The van der Waals surface area contributed by atoms with Crippen LogP contribution in [0.2, 0.25) is 0 Å². The lowest BCUT2D eigenvalue weighted by molar-refractivity contribution is 0.171. The minimum atomic E-state index is -0.0514. The van der Waals surface area contributed by atoms with Gasteiger partial charge in [-0.3, -0.25) is 0 Å². The van der Waals surface area contributed by atoms with Crippen LogP contribution in [-0.2, 0) is 0 Å². The third kappa shape index (κ3) is 1.97. The first-order valence-corrected chi connectivity index (χ1v) is 4.96. The van der Waals surface area contributed by atoms with Crippen molar-refractivity contribution >= 4 is 0 Å². The largest absolute Gasteiger partial charge is 0.392 e. The SMILES string of the molecule is O[C@@H]1CCN(CCC2CNC2)C1. The van der Waals surface area contributed by atoms with Gasteiger partial charge in [0.05, 0.1) is 6.10 Å². The Morgan fingerprint density at radius 1 is 1.42 bits per heavy atom. The molecule has 3 nitrogen and oxygen atoms in total. The summed E-state index contributed by atoms with van der Waals surface area (Å²) in [6.45, 7) is 5.59. The molecule has 3 heteroatoms. The van der Waals surface area contributed by atoms with Gasteiger partial charge in [-0.05, 0) is 38.4 Å². The maximum absolute atomic E-state index is 9.28. The Hall–Kier alpha value is -0.120. The Morgan fingerprint density at radius 3 is 2.75 bits per heavy atom. The van der Waals surface area contributed by atoms with Gasteiger partial charge in [-0.2, -0.15) is 0 Å². The molecule has 0 unspecified atom stereocenters. The van der Waals surface area contributed by atoms with Crippen LogP contribution < -0.4 is 5.32 Å². The lowest BCUT2D eigenvalue weighted by Crippen LogP contribution is -2.43. The first kappa shape index (κ1) is 8.48. The first-order valence-electron chi connectivity index (χ1n) is 4.96. The lowest BCUT2D eigenvalue weighted by atomic mass is 9.99. The van der Waals surface area contributed by atoms with Crippen molar-refractivity contribution < 1.29 is 5.11 Å². The molecule has 0 aromatic carbocycles. The average Bonchev–Trinajstić information content (AvgIpc) is 2.32. The first-order chi connectivity index (χ1) is 5.84. The van der Waals surface area contributed by atoms with Gasteiger partial charge in [-0.1, -0.05) is 0 Å². The van der Waals surface area contributed by atoms with Crippen LogP contribution in [0, 0.1) is 5.92 Å². The van der Waals surface area contributed by atoms with Gasteiger partial charge in [0.1, 0.15) is 0 Å². The normalized spacial score (nSPS) is 32.2. The standard InChI is InChI=1S/C9H18N2O/c12-9-2-4-11(7-9)3-1-8-5-10-6-8/h8-10,12H,1-7H2/t9-/m1/s1. The van der Waals surface area contributed by atoms with E-state index in [-0.39, 0.29) is 6.10 Å². The highest BCUT2D eigenvalue weighted by Gasteiger charge is 2.22. The van der Waals surface area contributed by atoms with Crippen molar-refractivity contribution in [2.45, 2.75) is 18.9 Å². The van der Waals surface area contributed by atoms with E-state index in [4.69, 9.17) is 0 Å². The molecule has 0 aliphatic carbocycles. The van der Waals surface area contributed by atoms with Crippen LogP contribution in [-0.4, -0.2) is 48.8 Å². The zero-order valence-corrected chi connectivity index (χ0v) is 7.50. The Balaban J connectivity index is 1.60. The van der Waals surface area contributed by atoms with Gasteiger partial charge >= 0.3 is 0 Å². The minimum Gasteiger partial charge on any atom is -0.392 e. The summed E-state index contributed by atoms with van der Waals surface area (Å²) in [6.07, 6.45) is 2.23. The Labute approximate surface area is 73.8 Å². The van der Waals surface area contributed by atoms with Gasteiger partial charge in [0.15, 0.2) is 0 Å². The van der Waals surface area contributed by atoms with E-state index in [1.165, 1.54) is 26.1 Å². The smallest absolute Gasteiger partial charge is 0.0679 e. The van der Waals surface area contributed by atoms with Crippen LogP contribution in [0.1, 0.15) is 12.8 Å². The van der Waals surface area contributed by atoms with Crippen LogP contribution in [0.15, 0.2) is 0 Å². The third-order valence-corrected chi connectivity index (χ3v) is 2.97. The van der Waals surface area contributed by atoms with E-state index in [9.17, 15) is 5.11 Å². The molecule has 0 bridgehead atoms. The van der Waals surface area contributed by atoms with E-state index in [2.05, 4.69) is 10.2 Å². The summed E-state index contributed by atoms with van der Waals surface area (Å²) in [4.78, 5) is 2.38. The van der Waals surface area contributed by atoms with Crippen LogP contribution >= 0.6 is 0 Å². The number of aliphatic hydroxyl groups excluding tert-OH is 1. The van der Waals surface area contributed by atoms with Crippen LogP contribution in [0.3, 0.4) is 0 Å². The number of β-amino-alcohol motifs (C(OH)–C–C–N with tert-alkyl or cyclic N) is 1. The Bertz CT molecular complexity index is 147. The molecule has 12 heavy (non-hydrogen) atoms. The summed E-state index contributed by atoms with van der Waals surface area (Å²) in [5.41, 5.74) is 0. The van der Waals surface area contributed by atoms with Crippen LogP contribution in [0.25, 0.3) is 0 Å². The molecule has 0 aromatic heterocycles. The molecule has 2 heterocycles. The van der Waals surface area contributed by atoms with Crippen molar-refractivity contribution in [1.29, 1.82) is 0 Å². The number of rotatable bonds is 3. The monoisotopic (exact) mass is 170 g/mol. The molecule has 1 atom stereocenters. The zero-order chi connectivity index (χ0) is 8.39. The number of nitrogens with zero attached hydrogens (tertiary/aromatic N) is 1. The fraction of sp³-hybridized carbons (Fsp3) is 1.00. The van der Waals surface area contributed by atoms with E-state index in [0.29, 0.717) is 0 Å². The van der Waals surface area contributed by atoms with E-state index in [0.717, 1.165) is 25.4 Å². The maximum atomic E-state index is 9.28. The molecule has 2 fully saturated rings. The molecule has 2 rings (SSSR count). The molecule has 0 saturated carbocycles. The average molecular weight is 170 g/mol. The van der Waals surface area contributed by atoms with Crippen molar-refractivity contribution in [1.82, 2.24) is 10.2 Å². The van der Waals surface area contributed by atoms with Crippen LogP contribution in [0.5, 0.6) is 0 Å². The highest BCUT2D eigenvalue weighted by Crippen LogP contribution is 2.13. The van der Waals surface area contributed by atoms with Gasteiger partial charge in [0.25, 0.3) is 0 Å². The molecule has 0 amide bonds. The quantitative estimate of drug-likeness (QED) is 0.608. The lowest BCUT2D eigenvalue weighted by Gasteiger charge is -2.28. The topological polar surface area (TPSA) is 35.5 Å². The van der Waals surface area contributed by atoms with E-state index in [1.54, 1.807) is 0 Å². The summed E-state index contributed by atoms with van der Waals surface area (Å²) >= 11 is 0. The van der Waals surface area contributed by atoms with Crippen molar-refractivity contribution in [3.05, 3.63) is 0 Å². The second-order valence-corrected chi connectivity index (χ2v) is 4.06. The highest BCUT2D eigenvalue weighted by atomic mass is 16.3. The second kappa shape index (κ2) is 3.73. The Morgan fingerprint density at radius 2 is 2.25 bits per heavy atom. The Kier molecular flexibility index (Phi) is 2.63. The number of likely N-dealkylation sites (tertiary alicyclic amines) is 1. The second-order valence-electron chi connectivity index (χ2n) is 4.06. The van der Waals surface area contributed by atoms with Crippen molar-refractivity contribution in [3.63, 3.8) is 0 Å². The maximum Gasteiger partial charge on any atom is 0.0679 e. The molecule has 2 aliphatic rings. The minimum absolute atomic E-state index is 0.0514. The van der Waals surface area contributed by atoms with E-state index >= 15 is 0 Å². The van der Waals surface area contributed by atoms with Crippen molar-refractivity contribution in [3.8, 4) is 0 Å². The molecule has 2 saturated heterocycles. The number of hydrogen-bond donors (Lipinski definition) is 2. The number of nitrogens with one attached hydrogen (secondary N) is 1. The van der Waals surface area contributed by atoms with Gasteiger partial charge in [0.2, 0.25) is 0 Å². The van der Waals surface area contributed by atoms with Gasteiger partial charge in [-0.25, -0.2) is 0 Å². The summed E-state index contributed by atoms with van der Waals surface area (Å²) < 4.78 is 0. The highest BCUT2D eigenvalue weighted by molar-refractivity contribution is 4.79. The molecular weight excluding hydrogens is 152 g/mol. The molecule has 70 valence electrons. The number of aliphatic hydroxyl groups is 1. The van der Waals surface area contributed by atoms with Crippen LogP contribution in [0.4, 0.5) is 0 Å². The molecule has 0 radical (unpaired) electrons. The van der Waals surface area contributed by atoms with E-state index in [1.807, 2.05) is 0 Å². The fourth-order valence-corrected chi connectivity index (χ4v) is 1.93. The predicted molar refractivity (Wildman–Crippen MR) is 48.0 cm³/mol. The van der Waals surface area contributed by atoms with Gasteiger partial charge in [-0.15, -0.1) is 0 Å². The van der Waals surface area contributed by atoms with Gasteiger partial charge < -0.3 is 15.3 Å². The van der Waals surface area contributed by atoms with Gasteiger partial charge in [0, 0.05) is 13.1 Å². The molecule has 0 aromatic rings. The van der Waals surface area contributed by atoms with E-state index < -0.39 is 0 Å². The summed E-state index contributed by atoms with van der Waals surface area (Å²) in [7, 11) is 0.